The Kier molecular flexibility index (Phi) is 4.10. The standard InChI is InChI=1S/C19H24BN3O3/c1-18(2)19(3,4)26-20(25-18)13-8-9-16-14(11-13)15(12-21)22-23(16)17-7-5-6-10-24-17/h8-9,11,17H,5-7,10H2,1-4H3/t17-/m0/s1. The molecule has 2 aliphatic heterocycles. The Morgan fingerprint density at radius 3 is 2.54 bits per heavy atom. The minimum absolute atomic E-state index is 0.101. The summed E-state index contributed by atoms with van der Waals surface area (Å²) in [4.78, 5) is 0. The maximum Gasteiger partial charge on any atom is 0.494 e. The molecule has 2 fully saturated rings. The van der Waals surface area contributed by atoms with Crippen LogP contribution in [0.25, 0.3) is 10.9 Å². The topological polar surface area (TPSA) is 69.3 Å². The van der Waals surface area contributed by atoms with E-state index in [9.17, 15) is 5.26 Å². The van der Waals surface area contributed by atoms with Gasteiger partial charge in [0.15, 0.2) is 11.9 Å². The Bertz CT molecular complexity index is 862. The Balaban J connectivity index is 1.73. The molecule has 0 bridgehead atoms. The molecule has 0 amide bonds. The summed E-state index contributed by atoms with van der Waals surface area (Å²) in [6, 6.07) is 8.15. The second-order valence-electron chi connectivity index (χ2n) is 8.09. The van der Waals surface area contributed by atoms with Crippen LogP contribution in [0.1, 0.15) is 58.9 Å². The van der Waals surface area contributed by atoms with Crippen molar-refractivity contribution in [2.45, 2.75) is 64.4 Å². The minimum atomic E-state index is -0.453. The molecule has 2 aromatic rings. The van der Waals surface area contributed by atoms with Crippen molar-refractivity contribution in [3.63, 3.8) is 0 Å². The minimum Gasteiger partial charge on any atom is -0.399 e. The van der Waals surface area contributed by atoms with E-state index in [0.29, 0.717) is 5.69 Å². The molecule has 26 heavy (non-hydrogen) atoms. The first-order valence-electron chi connectivity index (χ1n) is 9.22. The SMILES string of the molecule is CC1(C)OB(c2ccc3c(c2)c(C#N)nn3[C@@H]2CCCCO2)OC1(C)C. The van der Waals surface area contributed by atoms with Crippen molar-refractivity contribution in [1.29, 1.82) is 5.26 Å². The molecule has 0 spiro atoms. The van der Waals surface area contributed by atoms with Crippen LogP contribution in [0.2, 0.25) is 0 Å². The van der Waals surface area contributed by atoms with E-state index in [2.05, 4.69) is 11.2 Å². The number of nitriles is 1. The molecular weight excluding hydrogens is 329 g/mol. The fraction of sp³-hybridized carbons (Fsp3) is 0.579. The lowest BCUT2D eigenvalue weighted by Crippen LogP contribution is -2.41. The average Bonchev–Trinajstić information content (AvgIpc) is 3.09. The zero-order valence-electron chi connectivity index (χ0n) is 15.8. The van der Waals surface area contributed by atoms with Crippen LogP contribution in [0.15, 0.2) is 18.2 Å². The first kappa shape index (κ1) is 17.5. The largest absolute Gasteiger partial charge is 0.494 e. The van der Waals surface area contributed by atoms with E-state index in [0.717, 1.165) is 42.2 Å². The van der Waals surface area contributed by atoms with Crippen molar-refractivity contribution in [3.05, 3.63) is 23.9 Å². The number of ether oxygens (including phenoxy) is 1. The second-order valence-corrected chi connectivity index (χ2v) is 8.09. The normalized spacial score (nSPS) is 24.7. The molecule has 0 unspecified atom stereocenters. The number of benzene rings is 1. The van der Waals surface area contributed by atoms with Gasteiger partial charge in [0.1, 0.15) is 6.07 Å². The van der Waals surface area contributed by atoms with Gasteiger partial charge in [0, 0.05) is 12.0 Å². The van der Waals surface area contributed by atoms with Crippen LogP contribution >= 0.6 is 0 Å². The summed E-state index contributed by atoms with van der Waals surface area (Å²) in [5, 5.41) is 14.9. The van der Waals surface area contributed by atoms with E-state index >= 15 is 0 Å². The maximum atomic E-state index is 9.54. The van der Waals surface area contributed by atoms with Gasteiger partial charge in [0.05, 0.1) is 16.7 Å². The molecule has 0 N–H and O–H groups in total. The quantitative estimate of drug-likeness (QED) is 0.777. The highest BCUT2D eigenvalue weighted by atomic mass is 16.7. The van der Waals surface area contributed by atoms with Crippen molar-refractivity contribution >= 4 is 23.5 Å². The van der Waals surface area contributed by atoms with Gasteiger partial charge in [-0.1, -0.05) is 12.1 Å². The molecule has 6 nitrogen and oxygen atoms in total. The molecule has 2 aliphatic rings. The molecular formula is C19H24BN3O3. The highest BCUT2D eigenvalue weighted by Gasteiger charge is 2.51. The first-order valence-corrected chi connectivity index (χ1v) is 9.22. The predicted octanol–water partition coefficient (Wildman–Crippen LogP) is 2.91. The molecule has 1 aromatic carbocycles. The lowest BCUT2D eigenvalue weighted by atomic mass is 9.78. The van der Waals surface area contributed by atoms with E-state index in [1.165, 1.54) is 0 Å². The first-order chi connectivity index (χ1) is 12.3. The van der Waals surface area contributed by atoms with Gasteiger partial charge in [0.2, 0.25) is 0 Å². The fourth-order valence-electron chi connectivity index (χ4n) is 3.50. The summed E-state index contributed by atoms with van der Waals surface area (Å²) in [6.07, 6.45) is 3.00. The molecule has 0 saturated carbocycles. The van der Waals surface area contributed by atoms with Crippen LogP contribution < -0.4 is 5.46 Å². The Labute approximate surface area is 154 Å². The number of fused-ring (bicyclic) bond motifs is 1. The lowest BCUT2D eigenvalue weighted by Gasteiger charge is -2.32. The molecule has 7 heteroatoms. The summed E-state index contributed by atoms with van der Waals surface area (Å²) in [6.45, 7) is 8.87. The molecule has 1 atom stereocenters. The van der Waals surface area contributed by atoms with Crippen LogP contribution in [0, 0.1) is 11.3 Å². The zero-order valence-corrected chi connectivity index (χ0v) is 15.8. The van der Waals surface area contributed by atoms with Crippen molar-refractivity contribution in [2.75, 3.05) is 6.61 Å². The van der Waals surface area contributed by atoms with Gasteiger partial charge in [-0.25, -0.2) is 4.68 Å². The fourth-order valence-corrected chi connectivity index (χ4v) is 3.50. The average molecular weight is 353 g/mol. The predicted molar refractivity (Wildman–Crippen MR) is 99.0 cm³/mol. The smallest absolute Gasteiger partial charge is 0.399 e. The van der Waals surface area contributed by atoms with Crippen LogP contribution in [0.3, 0.4) is 0 Å². The highest BCUT2D eigenvalue weighted by molar-refractivity contribution is 6.62. The molecule has 2 saturated heterocycles. The third-order valence-corrected chi connectivity index (χ3v) is 5.79. The summed E-state index contributed by atoms with van der Waals surface area (Å²) in [7, 11) is -0.453. The third-order valence-electron chi connectivity index (χ3n) is 5.79. The maximum absolute atomic E-state index is 9.54. The highest BCUT2D eigenvalue weighted by Crippen LogP contribution is 2.37. The molecule has 1 aromatic heterocycles. The van der Waals surface area contributed by atoms with Crippen molar-refractivity contribution < 1.29 is 14.0 Å². The van der Waals surface area contributed by atoms with Gasteiger partial charge in [-0.05, 0) is 58.5 Å². The van der Waals surface area contributed by atoms with Crippen LogP contribution in [0.4, 0.5) is 0 Å². The van der Waals surface area contributed by atoms with E-state index in [1.807, 2.05) is 50.6 Å². The van der Waals surface area contributed by atoms with E-state index in [4.69, 9.17) is 14.0 Å². The van der Waals surface area contributed by atoms with Gasteiger partial charge in [-0.2, -0.15) is 10.4 Å². The Hall–Kier alpha value is -1.88. The Morgan fingerprint density at radius 1 is 1.19 bits per heavy atom. The van der Waals surface area contributed by atoms with Crippen molar-refractivity contribution in [3.8, 4) is 6.07 Å². The zero-order chi connectivity index (χ0) is 18.5. The van der Waals surface area contributed by atoms with E-state index < -0.39 is 18.3 Å². The number of aromatic nitrogens is 2. The number of nitrogens with zero attached hydrogens (tertiary/aromatic N) is 3. The summed E-state index contributed by atoms with van der Waals surface area (Å²) in [5.41, 5.74) is 1.42. The number of hydrogen-bond donors (Lipinski definition) is 0. The molecule has 3 heterocycles. The Morgan fingerprint density at radius 2 is 1.92 bits per heavy atom. The summed E-state index contributed by atoms with van der Waals surface area (Å²) in [5.74, 6) is 0. The number of rotatable bonds is 2. The van der Waals surface area contributed by atoms with Gasteiger partial charge >= 0.3 is 7.12 Å². The van der Waals surface area contributed by atoms with Crippen molar-refractivity contribution in [1.82, 2.24) is 9.78 Å². The second kappa shape index (κ2) is 6.09. The van der Waals surface area contributed by atoms with Crippen LogP contribution in [0.5, 0.6) is 0 Å². The van der Waals surface area contributed by atoms with Crippen LogP contribution in [-0.4, -0.2) is 34.7 Å². The molecule has 0 aliphatic carbocycles. The van der Waals surface area contributed by atoms with Crippen LogP contribution in [-0.2, 0) is 14.0 Å². The summed E-state index contributed by atoms with van der Waals surface area (Å²) < 4.78 is 20.0. The third kappa shape index (κ3) is 2.73. The molecule has 136 valence electrons. The lowest BCUT2D eigenvalue weighted by molar-refractivity contribution is -0.0367. The van der Waals surface area contributed by atoms with Gasteiger partial charge in [-0.15, -0.1) is 0 Å². The van der Waals surface area contributed by atoms with E-state index in [-0.39, 0.29) is 6.23 Å². The van der Waals surface area contributed by atoms with Gasteiger partial charge in [0.25, 0.3) is 0 Å². The number of hydrogen-bond acceptors (Lipinski definition) is 5. The van der Waals surface area contributed by atoms with E-state index in [1.54, 1.807) is 0 Å². The molecule has 4 rings (SSSR count). The summed E-state index contributed by atoms with van der Waals surface area (Å²) >= 11 is 0. The molecule has 0 radical (unpaired) electrons. The van der Waals surface area contributed by atoms with Gasteiger partial charge in [-0.3, -0.25) is 0 Å². The van der Waals surface area contributed by atoms with Crippen molar-refractivity contribution in [2.24, 2.45) is 0 Å². The monoisotopic (exact) mass is 353 g/mol. The van der Waals surface area contributed by atoms with Gasteiger partial charge < -0.3 is 14.0 Å².